The minimum atomic E-state index is -1.07. The first-order valence-corrected chi connectivity index (χ1v) is 6.26. The molecule has 0 spiro atoms. The van der Waals surface area contributed by atoms with Gasteiger partial charge in [-0.1, -0.05) is 12.1 Å². The number of rotatable bonds is 4. The second-order valence-electron chi connectivity index (χ2n) is 4.41. The van der Waals surface area contributed by atoms with Gasteiger partial charge in [0.05, 0.1) is 11.4 Å². The number of aromatic nitrogens is 2. The first-order valence-electron chi connectivity index (χ1n) is 6.26. The number of nitrogens with zero attached hydrogens (tertiary/aromatic N) is 3. The van der Waals surface area contributed by atoms with Crippen molar-refractivity contribution >= 4 is 17.5 Å². The van der Waals surface area contributed by atoms with E-state index in [0.29, 0.717) is 23.7 Å². The zero-order valence-corrected chi connectivity index (χ0v) is 11.6. The van der Waals surface area contributed by atoms with Crippen molar-refractivity contribution in [2.75, 3.05) is 11.4 Å². The van der Waals surface area contributed by atoms with Gasteiger partial charge in [0.1, 0.15) is 17.2 Å². The number of carbonyl (C=O) groups is 1. The summed E-state index contributed by atoms with van der Waals surface area (Å²) < 4.78 is 15.4. The van der Waals surface area contributed by atoms with E-state index >= 15 is 0 Å². The third-order valence-electron chi connectivity index (χ3n) is 3.12. The van der Waals surface area contributed by atoms with Crippen LogP contribution in [0.2, 0.25) is 0 Å². The molecule has 1 N–H and O–H groups in total. The van der Waals surface area contributed by atoms with Gasteiger partial charge in [0, 0.05) is 13.6 Å². The average Bonchev–Trinajstić information content (AvgIpc) is 2.68. The lowest BCUT2D eigenvalue weighted by atomic mass is 10.2. The SMILES string of the molecule is CCN(c1ccccc1F)c1c(C(=O)O)c(C)nn1C. The highest BCUT2D eigenvalue weighted by Crippen LogP contribution is 2.31. The van der Waals surface area contributed by atoms with Crippen molar-refractivity contribution in [3.05, 3.63) is 41.3 Å². The lowest BCUT2D eigenvalue weighted by molar-refractivity contribution is 0.0697. The molecule has 0 aliphatic carbocycles. The summed E-state index contributed by atoms with van der Waals surface area (Å²) in [5.41, 5.74) is 0.836. The number of para-hydroxylation sites is 1. The number of hydrogen-bond acceptors (Lipinski definition) is 3. The Kier molecular flexibility index (Phi) is 3.74. The highest BCUT2D eigenvalue weighted by molar-refractivity contribution is 5.96. The summed E-state index contributed by atoms with van der Waals surface area (Å²) >= 11 is 0. The summed E-state index contributed by atoms with van der Waals surface area (Å²) in [5, 5.41) is 13.5. The smallest absolute Gasteiger partial charge is 0.341 e. The minimum Gasteiger partial charge on any atom is -0.477 e. The Labute approximate surface area is 116 Å². The van der Waals surface area contributed by atoms with Crippen molar-refractivity contribution in [1.29, 1.82) is 0 Å². The van der Waals surface area contributed by atoms with E-state index in [4.69, 9.17) is 0 Å². The van der Waals surface area contributed by atoms with E-state index in [2.05, 4.69) is 5.10 Å². The van der Waals surface area contributed by atoms with Crippen LogP contribution in [0, 0.1) is 12.7 Å². The van der Waals surface area contributed by atoms with Crippen LogP contribution >= 0.6 is 0 Å². The van der Waals surface area contributed by atoms with E-state index in [1.165, 1.54) is 10.7 Å². The number of carboxylic acid groups (broad SMARTS) is 1. The molecule has 0 amide bonds. The second kappa shape index (κ2) is 5.32. The summed E-state index contributed by atoms with van der Waals surface area (Å²) in [6.45, 7) is 3.89. The predicted octanol–water partition coefficient (Wildman–Crippen LogP) is 2.72. The molecule has 5 nitrogen and oxygen atoms in total. The van der Waals surface area contributed by atoms with Crippen molar-refractivity contribution in [2.45, 2.75) is 13.8 Å². The molecule has 106 valence electrons. The normalized spacial score (nSPS) is 10.6. The molecule has 0 saturated carbocycles. The van der Waals surface area contributed by atoms with Crippen molar-refractivity contribution in [3.8, 4) is 0 Å². The van der Waals surface area contributed by atoms with Crippen LogP contribution in [0.3, 0.4) is 0 Å². The number of aromatic carboxylic acids is 1. The van der Waals surface area contributed by atoms with Crippen molar-refractivity contribution in [2.24, 2.45) is 7.05 Å². The average molecular weight is 277 g/mol. The standard InChI is InChI=1S/C14H16FN3O2/c1-4-18(11-8-6-5-7-10(11)15)13-12(14(19)20)9(2)16-17(13)3/h5-8H,4H2,1-3H3,(H,19,20). The molecule has 0 saturated heterocycles. The molecule has 2 rings (SSSR count). The molecule has 1 aromatic carbocycles. The number of benzene rings is 1. The van der Waals surface area contributed by atoms with Gasteiger partial charge in [-0.3, -0.25) is 4.68 Å². The van der Waals surface area contributed by atoms with Crippen LogP contribution in [0.4, 0.5) is 15.9 Å². The van der Waals surface area contributed by atoms with Gasteiger partial charge in [-0.15, -0.1) is 0 Å². The highest BCUT2D eigenvalue weighted by atomic mass is 19.1. The largest absolute Gasteiger partial charge is 0.477 e. The molecular weight excluding hydrogens is 261 g/mol. The van der Waals surface area contributed by atoms with Crippen LogP contribution in [0.1, 0.15) is 23.0 Å². The molecule has 0 unspecified atom stereocenters. The van der Waals surface area contributed by atoms with E-state index < -0.39 is 11.8 Å². The number of anilines is 2. The van der Waals surface area contributed by atoms with Gasteiger partial charge < -0.3 is 10.0 Å². The molecule has 0 atom stereocenters. The monoisotopic (exact) mass is 277 g/mol. The Morgan fingerprint density at radius 2 is 2.10 bits per heavy atom. The van der Waals surface area contributed by atoms with Crippen LogP contribution in [0.5, 0.6) is 0 Å². The van der Waals surface area contributed by atoms with E-state index in [0.717, 1.165) is 0 Å². The third-order valence-corrected chi connectivity index (χ3v) is 3.12. The van der Waals surface area contributed by atoms with Crippen molar-refractivity contribution in [3.63, 3.8) is 0 Å². The fourth-order valence-corrected chi connectivity index (χ4v) is 2.31. The van der Waals surface area contributed by atoms with Crippen LogP contribution in [0.25, 0.3) is 0 Å². The molecular formula is C14H16FN3O2. The fraction of sp³-hybridized carbons (Fsp3) is 0.286. The quantitative estimate of drug-likeness (QED) is 0.933. The van der Waals surface area contributed by atoms with Gasteiger partial charge in [0.15, 0.2) is 0 Å². The number of halogens is 1. The minimum absolute atomic E-state index is 0.0950. The van der Waals surface area contributed by atoms with Gasteiger partial charge in [-0.2, -0.15) is 5.10 Å². The van der Waals surface area contributed by atoms with Crippen LogP contribution in [0.15, 0.2) is 24.3 Å². The van der Waals surface area contributed by atoms with Crippen LogP contribution in [-0.2, 0) is 7.05 Å². The Hall–Kier alpha value is -2.37. The molecule has 0 radical (unpaired) electrons. The first kappa shape index (κ1) is 14.0. The van der Waals surface area contributed by atoms with Crippen LogP contribution < -0.4 is 4.90 Å². The lowest BCUT2D eigenvalue weighted by Crippen LogP contribution is -2.22. The molecule has 20 heavy (non-hydrogen) atoms. The molecule has 2 aromatic rings. The summed E-state index contributed by atoms with van der Waals surface area (Å²) in [4.78, 5) is 13.0. The molecule has 0 fully saturated rings. The van der Waals surface area contributed by atoms with Gasteiger partial charge in [-0.05, 0) is 26.0 Å². The Bertz CT molecular complexity index is 652. The van der Waals surface area contributed by atoms with Gasteiger partial charge in [0.25, 0.3) is 0 Å². The van der Waals surface area contributed by atoms with E-state index in [-0.39, 0.29) is 5.56 Å². The maximum atomic E-state index is 14.0. The lowest BCUT2D eigenvalue weighted by Gasteiger charge is -2.24. The number of hydrogen-bond donors (Lipinski definition) is 1. The van der Waals surface area contributed by atoms with E-state index in [1.807, 2.05) is 6.92 Å². The maximum Gasteiger partial charge on any atom is 0.341 e. The Morgan fingerprint density at radius 3 is 2.65 bits per heavy atom. The summed E-state index contributed by atoms with van der Waals surface area (Å²) in [7, 11) is 1.65. The summed E-state index contributed by atoms with van der Waals surface area (Å²) in [6.07, 6.45) is 0. The maximum absolute atomic E-state index is 14.0. The highest BCUT2D eigenvalue weighted by Gasteiger charge is 2.25. The molecule has 6 heteroatoms. The van der Waals surface area contributed by atoms with Gasteiger partial charge >= 0.3 is 5.97 Å². The second-order valence-corrected chi connectivity index (χ2v) is 4.41. The molecule has 0 bridgehead atoms. The first-order chi connectivity index (χ1) is 9.47. The molecule has 1 heterocycles. The van der Waals surface area contributed by atoms with Crippen LogP contribution in [-0.4, -0.2) is 27.4 Å². The van der Waals surface area contributed by atoms with E-state index in [1.54, 1.807) is 37.1 Å². The topological polar surface area (TPSA) is 58.4 Å². The van der Waals surface area contributed by atoms with Gasteiger partial charge in [-0.25, -0.2) is 9.18 Å². The Balaban J connectivity index is 2.65. The molecule has 0 aliphatic heterocycles. The van der Waals surface area contributed by atoms with E-state index in [9.17, 15) is 14.3 Å². The third kappa shape index (κ3) is 2.24. The predicted molar refractivity (Wildman–Crippen MR) is 74.0 cm³/mol. The van der Waals surface area contributed by atoms with Crippen molar-refractivity contribution < 1.29 is 14.3 Å². The summed E-state index contributed by atoms with van der Waals surface area (Å²) in [5.74, 6) is -1.09. The number of aryl methyl sites for hydroxylation is 2. The zero-order valence-electron chi connectivity index (χ0n) is 11.6. The molecule has 1 aromatic heterocycles. The fourth-order valence-electron chi connectivity index (χ4n) is 2.31. The van der Waals surface area contributed by atoms with Gasteiger partial charge in [0.2, 0.25) is 0 Å². The molecule has 0 aliphatic rings. The Morgan fingerprint density at radius 1 is 1.45 bits per heavy atom. The van der Waals surface area contributed by atoms with Crippen molar-refractivity contribution in [1.82, 2.24) is 9.78 Å². The summed E-state index contributed by atoms with van der Waals surface area (Å²) in [6, 6.07) is 6.28. The zero-order chi connectivity index (χ0) is 14.9. The number of carboxylic acids is 1.